The van der Waals surface area contributed by atoms with Crippen molar-refractivity contribution < 1.29 is 5.11 Å². The van der Waals surface area contributed by atoms with Gasteiger partial charge >= 0.3 is 0 Å². The molecule has 0 radical (unpaired) electrons. The first kappa shape index (κ1) is 16.6. The molecular formula is C16H29NOS. The second kappa shape index (κ2) is 9.49. The maximum absolute atomic E-state index is 9.59. The van der Waals surface area contributed by atoms with E-state index in [4.69, 9.17) is 0 Å². The molecule has 19 heavy (non-hydrogen) atoms. The van der Waals surface area contributed by atoms with Gasteiger partial charge in [-0.25, -0.2) is 4.98 Å². The van der Waals surface area contributed by atoms with Gasteiger partial charge in [0.25, 0.3) is 0 Å². The second-order valence-corrected chi connectivity index (χ2v) is 6.36. The van der Waals surface area contributed by atoms with Gasteiger partial charge in [-0.05, 0) is 19.8 Å². The summed E-state index contributed by atoms with van der Waals surface area (Å²) < 4.78 is 0. The van der Waals surface area contributed by atoms with Crippen molar-refractivity contribution in [2.24, 2.45) is 0 Å². The van der Waals surface area contributed by atoms with Crippen LogP contribution < -0.4 is 0 Å². The Balaban J connectivity index is 2.55. The van der Waals surface area contributed by atoms with E-state index in [0.29, 0.717) is 5.92 Å². The number of thiazole rings is 1. The number of aliphatic hydroxyl groups is 1. The molecule has 0 aliphatic carbocycles. The molecule has 0 saturated heterocycles. The van der Waals surface area contributed by atoms with E-state index in [1.807, 2.05) is 0 Å². The third kappa shape index (κ3) is 6.05. The van der Waals surface area contributed by atoms with Crippen molar-refractivity contribution in [2.45, 2.75) is 84.2 Å². The molecule has 0 spiro atoms. The third-order valence-electron chi connectivity index (χ3n) is 3.63. The van der Waals surface area contributed by atoms with E-state index in [1.165, 1.54) is 57.1 Å². The fraction of sp³-hybridized carbons (Fsp3) is 0.812. The van der Waals surface area contributed by atoms with Gasteiger partial charge in [0, 0.05) is 11.3 Å². The first-order valence-electron chi connectivity index (χ1n) is 7.82. The Labute approximate surface area is 122 Å². The number of rotatable bonds is 10. The zero-order chi connectivity index (χ0) is 14.1. The minimum Gasteiger partial charge on any atom is -0.386 e. The molecule has 0 bridgehead atoms. The van der Waals surface area contributed by atoms with Crippen molar-refractivity contribution in [2.75, 3.05) is 0 Å². The topological polar surface area (TPSA) is 33.1 Å². The van der Waals surface area contributed by atoms with Crippen LogP contribution in [0, 0.1) is 0 Å². The van der Waals surface area contributed by atoms with Crippen LogP contribution in [-0.2, 0) is 0 Å². The number of nitrogens with zero attached hydrogens (tertiary/aromatic N) is 1. The Morgan fingerprint density at radius 2 is 1.79 bits per heavy atom. The maximum atomic E-state index is 9.59. The summed E-state index contributed by atoms with van der Waals surface area (Å²) >= 11 is 1.60. The largest absolute Gasteiger partial charge is 0.386 e. The van der Waals surface area contributed by atoms with Crippen LogP contribution in [0.1, 0.15) is 94.9 Å². The molecule has 0 amide bonds. The van der Waals surface area contributed by atoms with Crippen LogP contribution in [0.4, 0.5) is 0 Å². The second-order valence-electron chi connectivity index (χ2n) is 5.48. The molecule has 1 rings (SSSR count). The monoisotopic (exact) mass is 283 g/mol. The van der Waals surface area contributed by atoms with E-state index in [9.17, 15) is 5.11 Å². The molecule has 110 valence electrons. The van der Waals surface area contributed by atoms with Crippen molar-refractivity contribution in [1.82, 2.24) is 4.98 Å². The Kier molecular flexibility index (Phi) is 8.31. The van der Waals surface area contributed by atoms with Crippen LogP contribution in [0.25, 0.3) is 0 Å². The Bertz CT molecular complexity index is 335. The van der Waals surface area contributed by atoms with Crippen molar-refractivity contribution in [1.29, 1.82) is 0 Å². The number of aliphatic hydroxyl groups excluding tert-OH is 1. The van der Waals surface area contributed by atoms with Gasteiger partial charge in [0.15, 0.2) is 0 Å². The predicted molar refractivity (Wildman–Crippen MR) is 83.8 cm³/mol. The molecule has 2 unspecified atom stereocenters. The maximum Gasteiger partial charge on any atom is 0.121 e. The highest BCUT2D eigenvalue weighted by Gasteiger charge is 2.16. The van der Waals surface area contributed by atoms with Crippen LogP contribution in [-0.4, -0.2) is 10.1 Å². The summed E-state index contributed by atoms with van der Waals surface area (Å²) in [5.74, 6) is 0.598. The molecule has 1 aromatic rings. The van der Waals surface area contributed by atoms with Crippen LogP contribution in [0.5, 0.6) is 0 Å². The molecule has 0 aromatic carbocycles. The van der Waals surface area contributed by atoms with Gasteiger partial charge < -0.3 is 5.11 Å². The summed E-state index contributed by atoms with van der Waals surface area (Å²) in [6.07, 6.45) is 9.88. The van der Waals surface area contributed by atoms with Crippen LogP contribution in [0.2, 0.25) is 0 Å². The lowest BCUT2D eigenvalue weighted by Crippen LogP contribution is -2.01. The number of aromatic nitrogens is 1. The first-order chi connectivity index (χ1) is 9.19. The lowest BCUT2D eigenvalue weighted by Gasteiger charge is -2.14. The summed E-state index contributed by atoms with van der Waals surface area (Å²) in [7, 11) is 0. The molecule has 0 fully saturated rings. The molecular weight excluding hydrogens is 254 g/mol. The molecule has 0 saturated carbocycles. The van der Waals surface area contributed by atoms with Crippen molar-refractivity contribution >= 4 is 11.3 Å². The SMILES string of the molecule is CCCCCCC(CCCC)c1csc(C(C)O)n1. The van der Waals surface area contributed by atoms with Gasteiger partial charge in [0.1, 0.15) is 11.1 Å². The first-order valence-corrected chi connectivity index (χ1v) is 8.70. The van der Waals surface area contributed by atoms with Crippen molar-refractivity contribution in [3.8, 4) is 0 Å². The van der Waals surface area contributed by atoms with Crippen LogP contribution in [0.15, 0.2) is 5.38 Å². The average molecular weight is 283 g/mol. The van der Waals surface area contributed by atoms with E-state index in [0.717, 1.165) is 5.01 Å². The molecule has 0 aliphatic heterocycles. The normalized spacial score (nSPS) is 14.5. The summed E-state index contributed by atoms with van der Waals surface area (Å²) in [5, 5.41) is 12.6. The summed E-state index contributed by atoms with van der Waals surface area (Å²) in [6, 6.07) is 0. The van der Waals surface area contributed by atoms with E-state index in [-0.39, 0.29) is 0 Å². The van der Waals surface area contributed by atoms with E-state index in [2.05, 4.69) is 24.2 Å². The Morgan fingerprint density at radius 3 is 2.37 bits per heavy atom. The van der Waals surface area contributed by atoms with Gasteiger partial charge in [-0.15, -0.1) is 11.3 Å². The molecule has 1 N–H and O–H groups in total. The zero-order valence-corrected chi connectivity index (χ0v) is 13.5. The van der Waals surface area contributed by atoms with E-state index < -0.39 is 6.10 Å². The Hall–Kier alpha value is -0.410. The van der Waals surface area contributed by atoms with Crippen LogP contribution in [0.3, 0.4) is 0 Å². The van der Waals surface area contributed by atoms with Crippen LogP contribution >= 0.6 is 11.3 Å². The van der Waals surface area contributed by atoms with E-state index >= 15 is 0 Å². The minimum absolute atomic E-state index is 0.425. The molecule has 2 atom stereocenters. The standard InChI is InChI=1S/C16H29NOS/c1-4-6-8-9-11-14(10-7-5-2)15-12-19-16(17-15)13(3)18/h12-14,18H,4-11H2,1-3H3. The van der Waals surface area contributed by atoms with Gasteiger partial charge in [-0.2, -0.15) is 0 Å². The average Bonchev–Trinajstić information content (AvgIpc) is 2.87. The molecule has 0 aliphatic rings. The fourth-order valence-electron chi connectivity index (χ4n) is 2.39. The molecule has 1 aromatic heterocycles. The highest BCUT2D eigenvalue weighted by Crippen LogP contribution is 2.30. The lowest BCUT2D eigenvalue weighted by molar-refractivity contribution is 0.198. The number of unbranched alkanes of at least 4 members (excludes halogenated alkanes) is 4. The zero-order valence-electron chi connectivity index (χ0n) is 12.7. The molecule has 1 heterocycles. The van der Waals surface area contributed by atoms with Gasteiger partial charge in [-0.3, -0.25) is 0 Å². The highest BCUT2D eigenvalue weighted by molar-refractivity contribution is 7.09. The predicted octanol–water partition coefficient (Wildman–Crippen LogP) is 5.44. The third-order valence-corrected chi connectivity index (χ3v) is 4.66. The van der Waals surface area contributed by atoms with Crippen molar-refractivity contribution in [3.05, 3.63) is 16.1 Å². The lowest BCUT2D eigenvalue weighted by atomic mass is 9.93. The Morgan fingerprint density at radius 1 is 1.11 bits per heavy atom. The number of hydrogen-bond acceptors (Lipinski definition) is 3. The summed E-state index contributed by atoms with van der Waals surface area (Å²) in [5.41, 5.74) is 1.21. The number of hydrogen-bond donors (Lipinski definition) is 1. The van der Waals surface area contributed by atoms with Crippen molar-refractivity contribution in [3.63, 3.8) is 0 Å². The highest BCUT2D eigenvalue weighted by atomic mass is 32.1. The fourth-order valence-corrected chi connectivity index (χ4v) is 3.23. The quantitative estimate of drug-likeness (QED) is 0.580. The smallest absolute Gasteiger partial charge is 0.121 e. The van der Waals surface area contributed by atoms with Gasteiger partial charge in [0.2, 0.25) is 0 Å². The minimum atomic E-state index is -0.425. The summed E-state index contributed by atoms with van der Waals surface area (Å²) in [6.45, 7) is 6.30. The van der Waals surface area contributed by atoms with Gasteiger partial charge in [0.05, 0.1) is 5.69 Å². The molecule has 3 heteroatoms. The summed E-state index contributed by atoms with van der Waals surface area (Å²) in [4.78, 5) is 4.63. The van der Waals surface area contributed by atoms with E-state index in [1.54, 1.807) is 18.3 Å². The molecule has 2 nitrogen and oxygen atoms in total. The van der Waals surface area contributed by atoms with Gasteiger partial charge in [-0.1, -0.05) is 52.4 Å².